The van der Waals surface area contributed by atoms with Gasteiger partial charge < -0.3 is 0 Å². The van der Waals surface area contributed by atoms with E-state index < -0.39 is 0 Å². The lowest BCUT2D eigenvalue weighted by atomic mass is 10.0. The predicted octanol–water partition coefficient (Wildman–Crippen LogP) is 4.18. The Morgan fingerprint density at radius 2 is 1.53 bits per heavy atom. The Kier molecular flexibility index (Phi) is 4.74. The number of hydrogen-bond acceptors (Lipinski definition) is 5. The third-order valence-corrected chi connectivity index (χ3v) is 6.74. The van der Waals surface area contributed by atoms with Crippen LogP contribution in [0.3, 0.4) is 0 Å². The van der Waals surface area contributed by atoms with Crippen LogP contribution in [0.4, 0.5) is 4.39 Å². The molecule has 0 saturated heterocycles. The van der Waals surface area contributed by atoms with Gasteiger partial charge in [0.2, 0.25) is 0 Å². The lowest BCUT2D eigenvalue weighted by Gasteiger charge is -2.16. The van der Waals surface area contributed by atoms with E-state index in [2.05, 4.69) is 4.98 Å². The normalized spacial score (nSPS) is 13.3. The van der Waals surface area contributed by atoms with Crippen LogP contribution in [-0.4, -0.2) is 32.8 Å². The summed E-state index contributed by atoms with van der Waals surface area (Å²) in [5.74, 6) is -0.559. The van der Waals surface area contributed by atoms with E-state index in [9.17, 15) is 18.8 Å². The molecule has 0 atom stereocenters. The van der Waals surface area contributed by atoms with Crippen molar-refractivity contribution in [3.05, 3.63) is 86.5 Å². The maximum absolute atomic E-state index is 13.5. The first kappa shape index (κ1) is 20.3. The van der Waals surface area contributed by atoms with Crippen LogP contribution in [0.2, 0.25) is 0 Å². The summed E-state index contributed by atoms with van der Waals surface area (Å²) in [5, 5.41) is 0.465. The number of fused-ring (bicyclic) bond motifs is 2. The Balaban J connectivity index is 1.54. The summed E-state index contributed by atoms with van der Waals surface area (Å²) in [6.45, 7) is 3.84. The second kappa shape index (κ2) is 7.49. The molecule has 32 heavy (non-hydrogen) atoms. The second-order valence-electron chi connectivity index (χ2n) is 7.64. The van der Waals surface area contributed by atoms with E-state index in [1.54, 1.807) is 43.3 Å². The summed E-state index contributed by atoms with van der Waals surface area (Å²) >= 11 is 1.41. The summed E-state index contributed by atoms with van der Waals surface area (Å²) in [5.41, 5.74) is 1.99. The van der Waals surface area contributed by atoms with E-state index >= 15 is 0 Å². The zero-order valence-electron chi connectivity index (χ0n) is 17.4. The number of halogens is 1. The number of nitrogens with zero attached hydrogens (tertiary/aromatic N) is 3. The highest BCUT2D eigenvalue weighted by molar-refractivity contribution is 7.19. The zero-order chi connectivity index (χ0) is 22.6. The lowest BCUT2D eigenvalue weighted by Crippen LogP contribution is -2.36. The van der Waals surface area contributed by atoms with Gasteiger partial charge >= 0.3 is 0 Å². The van der Waals surface area contributed by atoms with Crippen molar-refractivity contribution in [3.8, 4) is 11.1 Å². The SMILES string of the molecule is Cc1sc2nc(C)n(CCN3C(=O)c4ccccc4C3=O)c(=O)c2c1-c1ccc(F)cc1. The molecule has 2 aromatic heterocycles. The van der Waals surface area contributed by atoms with E-state index in [1.807, 2.05) is 6.92 Å². The van der Waals surface area contributed by atoms with Crippen molar-refractivity contribution < 1.29 is 14.0 Å². The fourth-order valence-electron chi connectivity index (χ4n) is 4.17. The molecule has 160 valence electrons. The minimum Gasteiger partial charge on any atom is -0.294 e. The number of benzene rings is 2. The Morgan fingerprint density at radius 1 is 0.906 bits per heavy atom. The van der Waals surface area contributed by atoms with Gasteiger partial charge in [0.15, 0.2) is 0 Å². The largest absolute Gasteiger partial charge is 0.294 e. The molecule has 2 aromatic carbocycles. The summed E-state index contributed by atoms with van der Waals surface area (Å²) in [4.78, 5) is 46.1. The third-order valence-electron chi connectivity index (χ3n) is 5.74. The molecule has 2 amide bonds. The van der Waals surface area contributed by atoms with Crippen LogP contribution in [-0.2, 0) is 6.54 Å². The Bertz CT molecular complexity index is 1440. The van der Waals surface area contributed by atoms with Crippen molar-refractivity contribution in [1.82, 2.24) is 14.5 Å². The quantitative estimate of drug-likeness (QED) is 0.440. The van der Waals surface area contributed by atoms with Crippen molar-refractivity contribution in [2.75, 3.05) is 6.54 Å². The molecule has 5 rings (SSSR count). The molecular formula is C24H18FN3O3S. The number of thiophene rings is 1. The number of aryl methyl sites for hydroxylation is 2. The van der Waals surface area contributed by atoms with Crippen molar-refractivity contribution in [1.29, 1.82) is 0 Å². The smallest absolute Gasteiger partial charge is 0.262 e. The Hall–Kier alpha value is -3.65. The minimum absolute atomic E-state index is 0.0648. The van der Waals surface area contributed by atoms with Crippen molar-refractivity contribution in [2.24, 2.45) is 0 Å². The zero-order valence-corrected chi connectivity index (χ0v) is 18.2. The molecule has 0 aliphatic carbocycles. The number of imide groups is 1. The number of carbonyl (C=O) groups excluding carboxylic acids is 2. The first-order valence-electron chi connectivity index (χ1n) is 10.1. The maximum Gasteiger partial charge on any atom is 0.262 e. The average molecular weight is 447 g/mol. The number of aromatic nitrogens is 2. The standard InChI is InChI=1S/C24H18FN3O3S/c1-13-19(15-7-9-16(25)10-8-15)20-21(32-13)26-14(2)27(24(20)31)11-12-28-22(29)17-5-3-4-6-18(17)23(28)30/h3-10H,11-12H2,1-2H3. The molecule has 8 heteroatoms. The minimum atomic E-state index is -0.358. The van der Waals surface area contributed by atoms with Crippen LogP contribution in [0.1, 0.15) is 31.4 Å². The highest BCUT2D eigenvalue weighted by atomic mass is 32.1. The summed E-state index contributed by atoms with van der Waals surface area (Å²) in [6, 6.07) is 12.7. The van der Waals surface area contributed by atoms with Gasteiger partial charge in [-0.25, -0.2) is 9.37 Å². The van der Waals surface area contributed by atoms with E-state index in [4.69, 9.17) is 0 Å². The van der Waals surface area contributed by atoms with Gasteiger partial charge in [-0.1, -0.05) is 24.3 Å². The van der Waals surface area contributed by atoms with Gasteiger partial charge in [-0.15, -0.1) is 11.3 Å². The molecule has 1 aliphatic heterocycles. The molecule has 0 spiro atoms. The Morgan fingerprint density at radius 3 is 2.16 bits per heavy atom. The van der Waals surface area contributed by atoms with E-state index in [0.717, 1.165) is 16.0 Å². The molecule has 0 saturated carbocycles. The summed E-state index contributed by atoms with van der Waals surface area (Å²) < 4.78 is 14.9. The van der Waals surface area contributed by atoms with E-state index in [0.29, 0.717) is 27.2 Å². The van der Waals surface area contributed by atoms with Gasteiger partial charge in [-0.3, -0.25) is 23.9 Å². The summed E-state index contributed by atoms with van der Waals surface area (Å²) in [6.07, 6.45) is 0. The number of carbonyl (C=O) groups is 2. The van der Waals surface area contributed by atoms with E-state index in [-0.39, 0.29) is 36.3 Å². The number of rotatable bonds is 4. The number of amides is 2. The molecule has 0 fully saturated rings. The van der Waals surface area contributed by atoms with Gasteiger partial charge in [-0.2, -0.15) is 0 Å². The van der Waals surface area contributed by atoms with Gasteiger partial charge in [0.1, 0.15) is 16.5 Å². The van der Waals surface area contributed by atoms with Gasteiger partial charge in [0, 0.05) is 23.5 Å². The molecule has 0 radical (unpaired) electrons. The molecule has 4 aromatic rings. The van der Waals surface area contributed by atoms with E-state index in [1.165, 1.54) is 32.9 Å². The Labute approximate surface area is 186 Å². The molecule has 1 aliphatic rings. The predicted molar refractivity (Wildman–Crippen MR) is 121 cm³/mol. The highest BCUT2D eigenvalue weighted by Gasteiger charge is 2.34. The first-order valence-corrected chi connectivity index (χ1v) is 10.9. The van der Waals surface area contributed by atoms with Crippen LogP contribution < -0.4 is 5.56 Å². The van der Waals surface area contributed by atoms with Crippen LogP contribution in [0.15, 0.2) is 53.3 Å². The number of hydrogen-bond donors (Lipinski definition) is 0. The fourth-order valence-corrected chi connectivity index (χ4v) is 5.25. The van der Waals surface area contributed by atoms with Crippen molar-refractivity contribution >= 4 is 33.4 Å². The monoisotopic (exact) mass is 447 g/mol. The van der Waals surface area contributed by atoms with Crippen LogP contribution >= 0.6 is 11.3 Å². The van der Waals surface area contributed by atoms with Crippen LogP contribution in [0.5, 0.6) is 0 Å². The van der Waals surface area contributed by atoms with Gasteiger partial charge in [0.05, 0.1) is 16.5 Å². The van der Waals surface area contributed by atoms with Crippen LogP contribution in [0.25, 0.3) is 21.3 Å². The highest BCUT2D eigenvalue weighted by Crippen LogP contribution is 2.35. The second-order valence-corrected chi connectivity index (χ2v) is 8.85. The van der Waals surface area contributed by atoms with Gasteiger partial charge in [-0.05, 0) is 43.7 Å². The lowest BCUT2D eigenvalue weighted by molar-refractivity contribution is 0.0648. The third kappa shape index (κ3) is 3.06. The fraction of sp³-hybridized carbons (Fsp3) is 0.167. The first-order chi connectivity index (χ1) is 15.4. The van der Waals surface area contributed by atoms with Gasteiger partial charge in [0.25, 0.3) is 17.4 Å². The van der Waals surface area contributed by atoms with Crippen LogP contribution in [0, 0.1) is 19.7 Å². The molecule has 0 N–H and O–H groups in total. The summed E-state index contributed by atoms with van der Waals surface area (Å²) in [7, 11) is 0. The van der Waals surface area contributed by atoms with Crippen molar-refractivity contribution in [3.63, 3.8) is 0 Å². The molecule has 3 heterocycles. The molecule has 0 bridgehead atoms. The topological polar surface area (TPSA) is 72.3 Å². The molecule has 0 unspecified atom stereocenters. The maximum atomic E-state index is 13.5. The average Bonchev–Trinajstić information content (AvgIpc) is 3.23. The molecule has 6 nitrogen and oxygen atoms in total. The van der Waals surface area contributed by atoms with Crippen molar-refractivity contribution in [2.45, 2.75) is 20.4 Å². The molecular weight excluding hydrogens is 429 g/mol.